The molecule has 1 aromatic carbocycles. The minimum absolute atomic E-state index is 0.0258. The Bertz CT molecular complexity index is 1210. The summed E-state index contributed by atoms with van der Waals surface area (Å²) in [4.78, 5) is 21.2. The number of esters is 1. The number of hydrogen-bond acceptors (Lipinski definition) is 9. The monoisotopic (exact) mass is 519 g/mol. The van der Waals surface area contributed by atoms with Crippen LogP contribution in [0.2, 0.25) is 0 Å². The number of carbonyl (C=O) groups excluding carboxylic acids is 1. The summed E-state index contributed by atoms with van der Waals surface area (Å²) in [6.07, 6.45) is 12.5. The van der Waals surface area contributed by atoms with Crippen LogP contribution in [0.15, 0.2) is 36.7 Å². The van der Waals surface area contributed by atoms with Crippen LogP contribution in [0, 0.1) is 0 Å². The largest absolute Gasteiger partial charge is 0.466 e. The van der Waals surface area contributed by atoms with Gasteiger partial charge in [0.15, 0.2) is 0 Å². The zero-order chi connectivity index (χ0) is 25.3. The number of fused-ring (bicyclic) bond motifs is 3. The molecule has 194 valence electrons. The molecule has 4 heterocycles. The predicted octanol–water partition coefficient (Wildman–Crippen LogP) is 5.93. The second-order valence-corrected chi connectivity index (χ2v) is 11.7. The van der Waals surface area contributed by atoms with Crippen molar-refractivity contribution in [2.75, 3.05) is 18.5 Å². The Morgan fingerprint density at radius 3 is 2.46 bits per heavy atom. The SMILES string of the molecule is CCCOC(=O)CC12CCC(c3ccc(-c4cnc(Nc5nnc(C6CCC6)s5)nc4)cc3)(CC1)CO2. The van der Waals surface area contributed by atoms with Gasteiger partial charge >= 0.3 is 5.97 Å². The van der Waals surface area contributed by atoms with Gasteiger partial charge in [0.05, 0.1) is 25.2 Å². The minimum Gasteiger partial charge on any atom is -0.466 e. The van der Waals surface area contributed by atoms with Gasteiger partial charge in [-0.2, -0.15) is 0 Å². The molecule has 2 saturated carbocycles. The molecule has 0 spiro atoms. The molecule has 2 aliphatic carbocycles. The van der Waals surface area contributed by atoms with Crippen LogP contribution in [0.4, 0.5) is 11.1 Å². The number of nitrogens with one attached hydrogen (secondary N) is 1. The third-order valence-corrected chi connectivity index (χ3v) is 9.30. The molecule has 0 amide bonds. The molecule has 7 rings (SSSR count). The molecular weight excluding hydrogens is 486 g/mol. The van der Waals surface area contributed by atoms with Gasteiger partial charge in [-0.1, -0.05) is 48.9 Å². The number of carbonyl (C=O) groups is 1. The van der Waals surface area contributed by atoms with E-state index in [9.17, 15) is 4.79 Å². The van der Waals surface area contributed by atoms with Gasteiger partial charge in [0, 0.05) is 29.3 Å². The Hall–Kier alpha value is -2.91. The lowest BCUT2D eigenvalue weighted by atomic mass is 9.62. The van der Waals surface area contributed by atoms with E-state index >= 15 is 0 Å². The highest BCUT2D eigenvalue weighted by molar-refractivity contribution is 7.15. The maximum atomic E-state index is 12.2. The van der Waals surface area contributed by atoms with Gasteiger partial charge in [0.1, 0.15) is 5.01 Å². The molecule has 0 atom stereocenters. The Morgan fingerprint density at radius 1 is 1.08 bits per heavy atom. The van der Waals surface area contributed by atoms with Crippen molar-refractivity contribution in [1.82, 2.24) is 20.2 Å². The number of nitrogens with zero attached hydrogens (tertiary/aromatic N) is 4. The normalized spacial score (nSPS) is 25.0. The maximum Gasteiger partial charge on any atom is 0.308 e. The number of rotatable bonds is 9. The highest BCUT2D eigenvalue weighted by Gasteiger charge is 2.51. The van der Waals surface area contributed by atoms with E-state index in [2.05, 4.69) is 49.7 Å². The molecule has 37 heavy (non-hydrogen) atoms. The molecule has 0 unspecified atom stereocenters. The third-order valence-electron chi connectivity index (χ3n) is 8.30. The van der Waals surface area contributed by atoms with E-state index < -0.39 is 0 Å². The lowest BCUT2D eigenvalue weighted by Gasteiger charge is -2.53. The summed E-state index contributed by atoms with van der Waals surface area (Å²) in [6.45, 7) is 3.15. The quantitative estimate of drug-likeness (QED) is 0.347. The zero-order valence-corrected chi connectivity index (χ0v) is 22.1. The maximum absolute atomic E-state index is 12.2. The van der Waals surface area contributed by atoms with Gasteiger partial charge in [0.2, 0.25) is 11.1 Å². The van der Waals surface area contributed by atoms with Crippen molar-refractivity contribution in [2.45, 2.75) is 81.6 Å². The fraction of sp³-hybridized carbons (Fsp3) is 0.536. The number of aromatic nitrogens is 4. The molecule has 9 heteroatoms. The van der Waals surface area contributed by atoms with Crippen LogP contribution in [0.1, 0.15) is 81.2 Å². The standard InChI is InChI=1S/C28H33N5O3S/c1-2-14-35-23(34)15-28-12-10-27(11-13-28,18-36-28)22-8-6-19(7-9-22)21-16-29-25(30-17-21)31-26-33-32-24(37-26)20-4-3-5-20/h6-9,16-17,20H,2-5,10-15,18H2,1H3,(H,29,30,31,33). The smallest absolute Gasteiger partial charge is 0.308 e. The highest BCUT2D eigenvalue weighted by atomic mass is 32.1. The van der Waals surface area contributed by atoms with E-state index in [4.69, 9.17) is 9.47 Å². The molecule has 1 N–H and O–H groups in total. The summed E-state index contributed by atoms with van der Waals surface area (Å²) in [5, 5.41) is 13.6. The summed E-state index contributed by atoms with van der Waals surface area (Å²) >= 11 is 1.59. The summed E-state index contributed by atoms with van der Waals surface area (Å²) in [6, 6.07) is 8.71. The van der Waals surface area contributed by atoms with Crippen molar-refractivity contribution >= 4 is 28.4 Å². The zero-order valence-electron chi connectivity index (χ0n) is 21.2. The van der Waals surface area contributed by atoms with E-state index in [0.717, 1.165) is 53.4 Å². The van der Waals surface area contributed by atoms with Gasteiger partial charge in [-0.15, -0.1) is 10.2 Å². The molecule has 2 aromatic heterocycles. The van der Waals surface area contributed by atoms with Crippen LogP contribution < -0.4 is 5.32 Å². The van der Waals surface area contributed by atoms with Crippen molar-refractivity contribution in [2.24, 2.45) is 0 Å². The molecule has 4 fully saturated rings. The van der Waals surface area contributed by atoms with Crippen LogP contribution in [0.5, 0.6) is 0 Å². The molecule has 0 radical (unpaired) electrons. The van der Waals surface area contributed by atoms with Gasteiger partial charge in [-0.05, 0) is 56.1 Å². The second-order valence-electron chi connectivity index (χ2n) is 10.7. The first-order chi connectivity index (χ1) is 18.1. The average molecular weight is 520 g/mol. The number of ether oxygens (including phenoxy) is 2. The van der Waals surface area contributed by atoms with Crippen LogP contribution in [0.3, 0.4) is 0 Å². The molecule has 8 nitrogen and oxygen atoms in total. The molecule has 2 bridgehead atoms. The lowest BCUT2D eigenvalue weighted by Crippen LogP contribution is -2.54. The van der Waals surface area contributed by atoms with Crippen LogP contribution >= 0.6 is 11.3 Å². The Morgan fingerprint density at radius 2 is 1.84 bits per heavy atom. The Labute approximate surface area is 221 Å². The first-order valence-electron chi connectivity index (χ1n) is 13.4. The fourth-order valence-electron chi connectivity index (χ4n) is 5.65. The Kier molecular flexibility index (Phi) is 6.67. The molecular formula is C28H33N5O3S. The number of benzene rings is 1. The highest BCUT2D eigenvalue weighted by Crippen LogP contribution is 2.51. The van der Waals surface area contributed by atoms with Gasteiger partial charge in [-0.25, -0.2) is 9.97 Å². The van der Waals surface area contributed by atoms with Crippen molar-refractivity contribution in [3.8, 4) is 11.1 Å². The van der Waals surface area contributed by atoms with Crippen LogP contribution in [-0.2, 0) is 19.7 Å². The van der Waals surface area contributed by atoms with Gasteiger partial charge < -0.3 is 9.47 Å². The van der Waals surface area contributed by atoms with Crippen molar-refractivity contribution in [3.63, 3.8) is 0 Å². The molecule has 4 aliphatic rings. The number of anilines is 2. The van der Waals surface area contributed by atoms with E-state index in [0.29, 0.717) is 31.5 Å². The topological polar surface area (TPSA) is 99.1 Å². The molecule has 2 aliphatic heterocycles. The first-order valence-corrected chi connectivity index (χ1v) is 14.2. The average Bonchev–Trinajstić information content (AvgIpc) is 3.35. The van der Waals surface area contributed by atoms with Crippen LogP contribution in [-0.4, -0.2) is 44.9 Å². The lowest BCUT2D eigenvalue weighted by molar-refractivity contribution is -0.178. The van der Waals surface area contributed by atoms with E-state index in [1.807, 2.05) is 19.3 Å². The first kappa shape index (κ1) is 24.4. The van der Waals surface area contributed by atoms with E-state index in [1.54, 1.807) is 11.3 Å². The van der Waals surface area contributed by atoms with Gasteiger partial charge in [-0.3, -0.25) is 10.1 Å². The van der Waals surface area contributed by atoms with Crippen LogP contribution in [0.25, 0.3) is 11.1 Å². The fourth-order valence-corrected chi connectivity index (χ4v) is 6.56. The van der Waals surface area contributed by atoms with Crippen molar-refractivity contribution < 1.29 is 14.3 Å². The summed E-state index contributed by atoms with van der Waals surface area (Å²) < 4.78 is 11.7. The molecule has 3 aromatic rings. The summed E-state index contributed by atoms with van der Waals surface area (Å²) in [5.74, 6) is 0.967. The van der Waals surface area contributed by atoms with E-state index in [1.165, 1.54) is 24.8 Å². The Balaban J connectivity index is 1.07. The second kappa shape index (κ2) is 10.1. The van der Waals surface area contributed by atoms with Crippen molar-refractivity contribution in [1.29, 1.82) is 0 Å². The van der Waals surface area contributed by atoms with Gasteiger partial charge in [0.25, 0.3) is 0 Å². The third kappa shape index (κ3) is 4.99. The molecule has 2 saturated heterocycles. The minimum atomic E-state index is -0.340. The van der Waals surface area contributed by atoms with Crippen molar-refractivity contribution in [3.05, 3.63) is 47.2 Å². The number of hydrogen-bond donors (Lipinski definition) is 1. The summed E-state index contributed by atoms with van der Waals surface area (Å²) in [7, 11) is 0. The summed E-state index contributed by atoms with van der Waals surface area (Å²) in [5.41, 5.74) is 3.03. The van der Waals surface area contributed by atoms with E-state index in [-0.39, 0.29) is 17.0 Å². The predicted molar refractivity (Wildman–Crippen MR) is 142 cm³/mol.